The molecule has 1 saturated carbocycles. The van der Waals surface area contributed by atoms with Gasteiger partial charge in [-0.05, 0) is 37.5 Å². The monoisotopic (exact) mass is 180 g/mol. The Kier molecular flexibility index (Phi) is 3.03. The Morgan fingerprint density at radius 2 is 2.08 bits per heavy atom. The SMILES string of the molecule is C#CCCCC1(O)CCC(C)(C)C1. The molecule has 0 spiro atoms. The smallest absolute Gasteiger partial charge is 0.0653 e. The van der Waals surface area contributed by atoms with E-state index in [2.05, 4.69) is 19.8 Å². The molecular weight excluding hydrogens is 160 g/mol. The summed E-state index contributed by atoms with van der Waals surface area (Å²) in [5, 5.41) is 10.2. The molecule has 1 unspecified atom stereocenters. The Bertz CT molecular complexity index is 212. The van der Waals surface area contributed by atoms with Crippen LogP contribution in [0.4, 0.5) is 0 Å². The van der Waals surface area contributed by atoms with Gasteiger partial charge in [-0.15, -0.1) is 12.3 Å². The molecule has 0 aromatic carbocycles. The molecule has 1 fully saturated rings. The lowest BCUT2D eigenvalue weighted by molar-refractivity contribution is 0.0274. The van der Waals surface area contributed by atoms with Crippen molar-refractivity contribution in [2.45, 2.75) is 58.0 Å². The van der Waals surface area contributed by atoms with Crippen molar-refractivity contribution in [1.82, 2.24) is 0 Å². The highest BCUT2D eigenvalue weighted by Gasteiger charge is 2.40. The third-order valence-electron chi connectivity index (χ3n) is 3.04. The van der Waals surface area contributed by atoms with Gasteiger partial charge in [-0.3, -0.25) is 0 Å². The third-order valence-corrected chi connectivity index (χ3v) is 3.04. The topological polar surface area (TPSA) is 20.2 Å². The molecule has 1 aliphatic carbocycles. The van der Waals surface area contributed by atoms with Crippen molar-refractivity contribution in [3.8, 4) is 12.3 Å². The average Bonchev–Trinajstić information content (AvgIpc) is 2.27. The van der Waals surface area contributed by atoms with E-state index >= 15 is 0 Å². The van der Waals surface area contributed by atoms with Gasteiger partial charge in [0, 0.05) is 6.42 Å². The van der Waals surface area contributed by atoms with Crippen LogP contribution < -0.4 is 0 Å². The van der Waals surface area contributed by atoms with Gasteiger partial charge < -0.3 is 5.11 Å². The summed E-state index contributed by atoms with van der Waals surface area (Å²) < 4.78 is 0. The summed E-state index contributed by atoms with van der Waals surface area (Å²) in [5.74, 6) is 2.62. The Hall–Kier alpha value is -0.480. The fraction of sp³-hybridized carbons (Fsp3) is 0.833. The summed E-state index contributed by atoms with van der Waals surface area (Å²) in [6.45, 7) is 4.46. The molecule has 1 heteroatoms. The van der Waals surface area contributed by atoms with E-state index in [-0.39, 0.29) is 0 Å². The highest BCUT2D eigenvalue weighted by molar-refractivity contribution is 4.94. The van der Waals surface area contributed by atoms with E-state index in [0.29, 0.717) is 5.41 Å². The number of hydrogen-bond donors (Lipinski definition) is 1. The number of rotatable bonds is 3. The number of unbranched alkanes of at least 4 members (excludes halogenated alkanes) is 1. The van der Waals surface area contributed by atoms with Crippen molar-refractivity contribution >= 4 is 0 Å². The summed E-state index contributed by atoms with van der Waals surface area (Å²) in [6.07, 6.45) is 10.8. The van der Waals surface area contributed by atoms with Gasteiger partial charge in [0.2, 0.25) is 0 Å². The molecular formula is C12H20O. The van der Waals surface area contributed by atoms with E-state index in [0.717, 1.165) is 38.5 Å². The largest absolute Gasteiger partial charge is 0.390 e. The van der Waals surface area contributed by atoms with Crippen LogP contribution in [0.15, 0.2) is 0 Å². The molecule has 1 rings (SSSR count). The van der Waals surface area contributed by atoms with E-state index < -0.39 is 5.60 Å². The Balaban J connectivity index is 2.37. The van der Waals surface area contributed by atoms with Crippen molar-refractivity contribution in [2.75, 3.05) is 0 Å². The third kappa shape index (κ3) is 3.04. The number of terminal acetylenes is 1. The van der Waals surface area contributed by atoms with Crippen LogP contribution in [0.3, 0.4) is 0 Å². The minimum Gasteiger partial charge on any atom is -0.390 e. The van der Waals surface area contributed by atoms with Gasteiger partial charge in [0.05, 0.1) is 5.60 Å². The molecule has 13 heavy (non-hydrogen) atoms. The van der Waals surface area contributed by atoms with Crippen LogP contribution in [0.25, 0.3) is 0 Å². The first-order chi connectivity index (χ1) is 5.97. The molecule has 0 aromatic rings. The molecule has 74 valence electrons. The first kappa shape index (κ1) is 10.6. The minimum atomic E-state index is -0.416. The van der Waals surface area contributed by atoms with Crippen molar-refractivity contribution in [3.63, 3.8) is 0 Å². The van der Waals surface area contributed by atoms with Crippen molar-refractivity contribution in [2.24, 2.45) is 5.41 Å². The highest BCUT2D eigenvalue weighted by Crippen LogP contribution is 2.45. The fourth-order valence-electron chi connectivity index (χ4n) is 2.37. The zero-order valence-electron chi connectivity index (χ0n) is 8.77. The molecule has 1 atom stereocenters. The van der Waals surface area contributed by atoms with Gasteiger partial charge in [0.25, 0.3) is 0 Å². The van der Waals surface area contributed by atoms with E-state index in [1.54, 1.807) is 0 Å². The highest BCUT2D eigenvalue weighted by atomic mass is 16.3. The fourth-order valence-corrected chi connectivity index (χ4v) is 2.37. The summed E-state index contributed by atoms with van der Waals surface area (Å²) in [7, 11) is 0. The lowest BCUT2D eigenvalue weighted by Crippen LogP contribution is -2.25. The van der Waals surface area contributed by atoms with Gasteiger partial charge in [0.15, 0.2) is 0 Å². The summed E-state index contributed by atoms with van der Waals surface area (Å²) >= 11 is 0. The molecule has 0 aliphatic heterocycles. The van der Waals surface area contributed by atoms with Gasteiger partial charge in [-0.25, -0.2) is 0 Å². The van der Waals surface area contributed by atoms with Crippen LogP contribution in [0.1, 0.15) is 52.4 Å². The van der Waals surface area contributed by atoms with Gasteiger partial charge in [-0.2, -0.15) is 0 Å². The first-order valence-electron chi connectivity index (χ1n) is 5.13. The van der Waals surface area contributed by atoms with Crippen LogP contribution in [-0.4, -0.2) is 10.7 Å². The molecule has 0 radical (unpaired) electrons. The Morgan fingerprint density at radius 1 is 1.38 bits per heavy atom. The van der Waals surface area contributed by atoms with Gasteiger partial charge in [0.1, 0.15) is 0 Å². The van der Waals surface area contributed by atoms with E-state index in [1.807, 2.05) is 0 Å². The summed E-state index contributed by atoms with van der Waals surface area (Å²) in [5.41, 5.74) is -0.0920. The number of aliphatic hydroxyl groups is 1. The van der Waals surface area contributed by atoms with Crippen molar-refractivity contribution in [3.05, 3.63) is 0 Å². The molecule has 0 aromatic heterocycles. The van der Waals surface area contributed by atoms with E-state index in [4.69, 9.17) is 6.42 Å². The quantitative estimate of drug-likeness (QED) is 0.523. The molecule has 0 heterocycles. The van der Waals surface area contributed by atoms with Crippen molar-refractivity contribution < 1.29 is 5.11 Å². The van der Waals surface area contributed by atoms with Crippen LogP contribution in [-0.2, 0) is 0 Å². The summed E-state index contributed by atoms with van der Waals surface area (Å²) in [4.78, 5) is 0. The predicted molar refractivity (Wildman–Crippen MR) is 55.3 cm³/mol. The lowest BCUT2D eigenvalue weighted by Gasteiger charge is -2.24. The van der Waals surface area contributed by atoms with Gasteiger partial charge >= 0.3 is 0 Å². The van der Waals surface area contributed by atoms with Crippen LogP contribution in [0.5, 0.6) is 0 Å². The maximum Gasteiger partial charge on any atom is 0.0653 e. The first-order valence-corrected chi connectivity index (χ1v) is 5.13. The zero-order valence-corrected chi connectivity index (χ0v) is 8.77. The van der Waals surface area contributed by atoms with Crippen molar-refractivity contribution in [1.29, 1.82) is 0 Å². The molecule has 0 bridgehead atoms. The zero-order chi connectivity index (χ0) is 9.95. The van der Waals surface area contributed by atoms with Crippen LogP contribution in [0, 0.1) is 17.8 Å². The Morgan fingerprint density at radius 3 is 2.54 bits per heavy atom. The molecule has 1 nitrogen and oxygen atoms in total. The molecule has 0 saturated heterocycles. The molecule has 0 amide bonds. The van der Waals surface area contributed by atoms with Crippen LogP contribution in [0.2, 0.25) is 0 Å². The van der Waals surface area contributed by atoms with Crippen LogP contribution >= 0.6 is 0 Å². The Labute approximate surface area is 81.5 Å². The average molecular weight is 180 g/mol. The second-order valence-corrected chi connectivity index (χ2v) is 5.12. The predicted octanol–water partition coefficient (Wildman–Crippen LogP) is 2.73. The van der Waals surface area contributed by atoms with E-state index in [9.17, 15) is 5.11 Å². The van der Waals surface area contributed by atoms with E-state index in [1.165, 1.54) is 0 Å². The lowest BCUT2D eigenvalue weighted by atomic mass is 9.87. The normalized spacial score (nSPS) is 31.5. The van der Waals surface area contributed by atoms with Gasteiger partial charge in [-0.1, -0.05) is 13.8 Å². The summed E-state index contributed by atoms with van der Waals surface area (Å²) in [6, 6.07) is 0. The molecule has 1 aliphatic rings. The second-order valence-electron chi connectivity index (χ2n) is 5.12. The maximum atomic E-state index is 10.2. The molecule has 1 N–H and O–H groups in total. The second kappa shape index (κ2) is 3.72. The minimum absolute atomic E-state index is 0.324. The number of hydrogen-bond acceptors (Lipinski definition) is 1. The standard InChI is InChI=1S/C12H20O/c1-4-5-6-7-12(13)9-8-11(2,3)10-12/h1,13H,5-10H2,2-3H3. The maximum absolute atomic E-state index is 10.2.